The highest BCUT2D eigenvalue weighted by Crippen LogP contribution is 2.17. The smallest absolute Gasteiger partial charge is 0.246 e. The number of ether oxygens (including phenoxy) is 2. The molecule has 0 aliphatic carbocycles. The van der Waals surface area contributed by atoms with Crippen molar-refractivity contribution in [2.24, 2.45) is 0 Å². The van der Waals surface area contributed by atoms with Gasteiger partial charge in [-0.25, -0.2) is 4.68 Å². The first-order valence-electron chi connectivity index (χ1n) is 7.59. The zero-order chi connectivity index (χ0) is 16.8. The zero-order valence-corrected chi connectivity index (χ0v) is 13.9. The first-order chi connectivity index (χ1) is 11.0. The number of amides is 1. The number of benzene rings is 1. The normalized spacial score (nSPS) is 12.2. The van der Waals surface area contributed by atoms with E-state index in [4.69, 9.17) is 9.47 Å². The number of carbonyl (C=O) groups excluding carboxylic acids is 1. The first-order valence-corrected chi connectivity index (χ1v) is 7.59. The fourth-order valence-corrected chi connectivity index (χ4v) is 2.05. The molecule has 0 unspecified atom stereocenters. The highest BCUT2D eigenvalue weighted by molar-refractivity contribution is 5.77. The predicted molar refractivity (Wildman–Crippen MR) is 87.8 cm³/mol. The number of methoxy groups -OCH3 is 1. The lowest BCUT2D eigenvalue weighted by molar-refractivity contribution is -0.127. The minimum atomic E-state index is -0.136. The van der Waals surface area contributed by atoms with Crippen LogP contribution in [0.4, 0.5) is 0 Å². The third kappa shape index (κ3) is 4.82. The molecule has 124 valence electrons. The maximum absolute atomic E-state index is 11.8. The Morgan fingerprint density at radius 2 is 1.96 bits per heavy atom. The maximum Gasteiger partial charge on any atom is 0.246 e. The fourth-order valence-electron chi connectivity index (χ4n) is 2.05. The van der Waals surface area contributed by atoms with Crippen molar-refractivity contribution < 1.29 is 14.3 Å². The molecule has 0 radical (unpaired) electrons. The molecule has 0 saturated carbocycles. The molecule has 2 aromatic rings. The molecule has 0 saturated heterocycles. The Bertz CT molecular complexity index is 635. The molecule has 0 aliphatic heterocycles. The number of nitrogens with zero attached hydrogens (tertiary/aromatic N) is 2. The van der Waals surface area contributed by atoms with Gasteiger partial charge in [-0.15, -0.1) is 0 Å². The molecular weight excluding hydrogens is 294 g/mol. The molecule has 6 nitrogen and oxygen atoms in total. The summed E-state index contributed by atoms with van der Waals surface area (Å²) in [5.74, 6) is 0.662. The van der Waals surface area contributed by atoms with E-state index in [9.17, 15) is 4.79 Å². The van der Waals surface area contributed by atoms with Crippen LogP contribution < -0.4 is 10.1 Å². The van der Waals surface area contributed by atoms with E-state index >= 15 is 0 Å². The summed E-state index contributed by atoms with van der Waals surface area (Å²) in [5.41, 5.74) is 1.86. The van der Waals surface area contributed by atoms with Gasteiger partial charge in [-0.05, 0) is 45.0 Å². The quantitative estimate of drug-likeness (QED) is 0.852. The Morgan fingerprint density at radius 1 is 1.26 bits per heavy atom. The van der Waals surface area contributed by atoms with Crippen LogP contribution >= 0.6 is 0 Å². The highest BCUT2D eigenvalue weighted by Gasteiger charge is 2.12. The summed E-state index contributed by atoms with van der Waals surface area (Å²) in [5, 5.41) is 7.24. The van der Waals surface area contributed by atoms with Crippen molar-refractivity contribution in [3.8, 4) is 11.4 Å². The molecule has 1 heterocycles. The van der Waals surface area contributed by atoms with Gasteiger partial charge in [0.25, 0.3) is 0 Å². The molecular formula is C17H23N3O3. The molecule has 23 heavy (non-hydrogen) atoms. The molecule has 1 atom stereocenters. The number of rotatable bonds is 7. The lowest BCUT2D eigenvalue weighted by Crippen LogP contribution is -2.31. The molecule has 0 fully saturated rings. The second kappa shape index (κ2) is 7.78. The molecule has 1 N–H and O–H groups in total. The van der Waals surface area contributed by atoms with E-state index in [-0.39, 0.29) is 24.7 Å². The van der Waals surface area contributed by atoms with Crippen LogP contribution in [0.5, 0.6) is 5.75 Å². The van der Waals surface area contributed by atoms with Gasteiger partial charge in [0.15, 0.2) is 0 Å². The third-order valence-electron chi connectivity index (χ3n) is 3.36. The van der Waals surface area contributed by atoms with Gasteiger partial charge in [0.2, 0.25) is 5.91 Å². The van der Waals surface area contributed by atoms with Crippen molar-refractivity contribution in [1.29, 1.82) is 0 Å². The number of hydrogen-bond donors (Lipinski definition) is 1. The molecule has 6 heteroatoms. The van der Waals surface area contributed by atoms with Crippen LogP contribution in [0.3, 0.4) is 0 Å². The second-order valence-corrected chi connectivity index (χ2v) is 5.57. The minimum absolute atomic E-state index is 0.0360. The summed E-state index contributed by atoms with van der Waals surface area (Å²) in [6.07, 6.45) is 3.68. The van der Waals surface area contributed by atoms with Gasteiger partial charge in [-0.2, -0.15) is 5.10 Å². The van der Waals surface area contributed by atoms with Crippen LogP contribution in [-0.2, 0) is 9.53 Å². The van der Waals surface area contributed by atoms with Crippen molar-refractivity contribution in [1.82, 2.24) is 15.1 Å². The van der Waals surface area contributed by atoms with Gasteiger partial charge >= 0.3 is 0 Å². The second-order valence-electron chi connectivity index (χ2n) is 5.57. The van der Waals surface area contributed by atoms with E-state index < -0.39 is 0 Å². The van der Waals surface area contributed by atoms with E-state index in [2.05, 4.69) is 10.4 Å². The Balaban J connectivity index is 1.98. The minimum Gasteiger partial charge on any atom is -0.497 e. The Morgan fingerprint density at radius 3 is 2.57 bits per heavy atom. The van der Waals surface area contributed by atoms with Crippen LogP contribution in [0.15, 0.2) is 36.7 Å². The van der Waals surface area contributed by atoms with E-state index in [0.29, 0.717) is 0 Å². The van der Waals surface area contributed by atoms with Gasteiger partial charge in [0, 0.05) is 11.8 Å². The molecule has 0 bridgehead atoms. The number of hydrogen-bond acceptors (Lipinski definition) is 4. The van der Waals surface area contributed by atoms with Gasteiger partial charge in [-0.3, -0.25) is 4.79 Å². The van der Waals surface area contributed by atoms with Crippen LogP contribution in [-0.4, -0.2) is 35.5 Å². The monoisotopic (exact) mass is 317 g/mol. The number of nitrogens with one attached hydrogen (secondary N) is 1. The molecule has 1 amide bonds. The number of carbonyl (C=O) groups is 1. The third-order valence-corrected chi connectivity index (χ3v) is 3.36. The van der Waals surface area contributed by atoms with Crippen LogP contribution in [0, 0.1) is 0 Å². The summed E-state index contributed by atoms with van der Waals surface area (Å²) in [7, 11) is 1.63. The average molecular weight is 317 g/mol. The lowest BCUT2D eigenvalue weighted by atomic mass is 10.2. The molecule has 0 aliphatic rings. The van der Waals surface area contributed by atoms with Crippen molar-refractivity contribution in [3.63, 3.8) is 0 Å². The van der Waals surface area contributed by atoms with E-state index in [1.54, 1.807) is 18.0 Å². The molecule has 1 aromatic carbocycles. The summed E-state index contributed by atoms with van der Waals surface area (Å²) in [6.45, 7) is 5.78. The largest absolute Gasteiger partial charge is 0.497 e. The molecule has 0 spiro atoms. The summed E-state index contributed by atoms with van der Waals surface area (Å²) < 4.78 is 12.2. The predicted octanol–water partition coefficient (Wildman–Crippen LogP) is 2.48. The standard InChI is InChI=1S/C17H23N3O3/c1-12(2)23-11-17(21)19-13(3)14-9-18-20(10-14)15-5-7-16(22-4)8-6-15/h5-10,12-13H,11H2,1-4H3,(H,19,21)/t13-/m1/s1. The highest BCUT2D eigenvalue weighted by atomic mass is 16.5. The summed E-state index contributed by atoms with van der Waals surface area (Å²) in [6, 6.07) is 7.48. The lowest BCUT2D eigenvalue weighted by Gasteiger charge is -2.13. The zero-order valence-electron chi connectivity index (χ0n) is 13.9. The van der Waals surface area contributed by atoms with Crippen LogP contribution in [0.2, 0.25) is 0 Å². The summed E-state index contributed by atoms with van der Waals surface area (Å²) in [4.78, 5) is 11.8. The summed E-state index contributed by atoms with van der Waals surface area (Å²) >= 11 is 0. The number of aromatic nitrogens is 2. The SMILES string of the molecule is COc1ccc(-n2cc([C@@H](C)NC(=O)COC(C)C)cn2)cc1. The van der Waals surface area contributed by atoms with Crippen LogP contribution in [0.25, 0.3) is 5.69 Å². The molecule has 1 aromatic heterocycles. The van der Waals surface area contributed by atoms with Gasteiger partial charge in [0.05, 0.1) is 31.1 Å². The van der Waals surface area contributed by atoms with Gasteiger partial charge < -0.3 is 14.8 Å². The fraction of sp³-hybridized carbons (Fsp3) is 0.412. The van der Waals surface area contributed by atoms with Crippen molar-refractivity contribution in [2.45, 2.75) is 32.9 Å². The van der Waals surface area contributed by atoms with Crippen molar-refractivity contribution in [2.75, 3.05) is 13.7 Å². The Hall–Kier alpha value is -2.34. The van der Waals surface area contributed by atoms with E-state index in [1.807, 2.05) is 51.2 Å². The van der Waals surface area contributed by atoms with Gasteiger partial charge in [0.1, 0.15) is 12.4 Å². The van der Waals surface area contributed by atoms with Gasteiger partial charge in [-0.1, -0.05) is 0 Å². The first kappa shape index (κ1) is 17.0. The molecule has 2 rings (SSSR count). The maximum atomic E-state index is 11.8. The van der Waals surface area contributed by atoms with E-state index in [0.717, 1.165) is 17.0 Å². The Kier molecular flexibility index (Phi) is 5.76. The van der Waals surface area contributed by atoms with Crippen LogP contribution in [0.1, 0.15) is 32.4 Å². The van der Waals surface area contributed by atoms with E-state index in [1.165, 1.54) is 0 Å². The van der Waals surface area contributed by atoms with Crippen molar-refractivity contribution >= 4 is 5.91 Å². The topological polar surface area (TPSA) is 65.4 Å². The Labute approximate surface area is 136 Å². The van der Waals surface area contributed by atoms with Crippen molar-refractivity contribution in [3.05, 3.63) is 42.2 Å². The average Bonchev–Trinajstić information content (AvgIpc) is 3.03.